The topological polar surface area (TPSA) is 96.5 Å². The van der Waals surface area contributed by atoms with Crippen molar-refractivity contribution < 1.29 is 19.4 Å². The number of para-hydroxylation sites is 1. The van der Waals surface area contributed by atoms with E-state index in [1.807, 2.05) is 12.1 Å². The Morgan fingerprint density at radius 2 is 2.17 bits per heavy atom. The molecule has 2 aromatic rings. The van der Waals surface area contributed by atoms with Crippen LogP contribution >= 0.6 is 23.1 Å². The third kappa shape index (κ3) is 2.05. The lowest BCUT2D eigenvalue weighted by molar-refractivity contribution is -0.154. The molecule has 4 rings (SSSR count). The molecule has 2 aliphatic heterocycles. The number of aromatic nitrogens is 1. The first-order valence-electron chi connectivity index (χ1n) is 6.90. The number of carbonyl (C=O) groups is 2. The summed E-state index contributed by atoms with van der Waals surface area (Å²) in [4.78, 5) is 39.1. The molecule has 0 radical (unpaired) electrons. The Labute approximate surface area is 138 Å². The molecule has 2 aliphatic rings. The standard InChI is InChI=1S/C15H11NO5S2/c17-9(18)5-15-6-22-12-11(23-14(20)16-12)10(15)7-3-1-2-4-8(7)21-13(15)19/h1-4,10H,5-6H2,(H,16,20)(H,17,18)/t10-,15-/m1/s1. The number of rotatable bonds is 2. The lowest BCUT2D eigenvalue weighted by Gasteiger charge is -2.43. The number of thiazole rings is 1. The Bertz CT molecular complexity index is 886. The molecule has 3 heterocycles. The maximum Gasteiger partial charge on any atom is 0.319 e. The number of thioether (sulfide) groups is 1. The highest BCUT2D eigenvalue weighted by Crippen LogP contribution is 2.58. The van der Waals surface area contributed by atoms with Gasteiger partial charge in [-0.15, -0.1) is 11.8 Å². The Hall–Kier alpha value is -2.06. The number of carbonyl (C=O) groups excluding carboxylic acids is 1. The highest BCUT2D eigenvalue weighted by molar-refractivity contribution is 7.99. The van der Waals surface area contributed by atoms with E-state index in [-0.39, 0.29) is 17.0 Å². The van der Waals surface area contributed by atoms with Crippen LogP contribution in [0.15, 0.2) is 34.1 Å². The van der Waals surface area contributed by atoms with Gasteiger partial charge in [-0.05, 0) is 6.07 Å². The van der Waals surface area contributed by atoms with Crippen molar-refractivity contribution in [3.05, 3.63) is 44.4 Å². The summed E-state index contributed by atoms with van der Waals surface area (Å²) in [6.07, 6.45) is -0.330. The van der Waals surface area contributed by atoms with Crippen molar-refractivity contribution in [3.63, 3.8) is 0 Å². The Balaban J connectivity index is 2.00. The van der Waals surface area contributed by atoms with Crippen LogP contribution in [-0.4, -0.2) is 27.8 Å². The van der Waals surface area contributed by atoms with Crippen molar-refractivity contribution in [3.8, 4) is 5.75 Å². The fraction of sp³-hybridized carbons (Fsp3) is 0.267. The summed E-state index contributed by atoms with van der Waals surface area (Å²) in [6, 6.07) is 7.09. The van der Waals surface area contributed by atoms with Gasteiger partial charge in [0.2, 0.25) is 0 Å². The number of ether oxygens (including phenoxy) is 1. The lowest BCUT2D eigenvalue weighted by atomic mass is 9.68. The second-order valence-corrected chi connectivity index (χ2v) is 7.58. The second kappa shape index (κ2) is 4.97. The van der Waals surface area contributed by atoms with Gasteiger partial charge in [0.05, 0.1) is 11.4 Å². The number of aliphatic carboxylic acids is 1. The second-order valence-electron chi connectivity index (χ2n) is 5.58. The summed E-state index contributed by atoms with van der Waals surface area (Å²) in [5.41, 5.74) is -0.437. The Morgan fingerprint density at radius 1 is 1.39 bits per heavy atom. The van der Waals surface area contributed by atoms with Crippen LogP contribution in [-0.2, 0) is 9.59 Å². The zero-order valence-corrected chi connectivity index (χ0v) is 13.3. The molecule has 0 saturated carbocycles. The minimum atomic E-state index is -1.19. The van der Waals surface area contributed by atoms with E-state index in [4.69, 9.17) is 4.74 Å². The van der Waals surface area contributed by atoms with Crippen LogP contribution < -0.4 is 9.61 Å². The number of benzene rings is 1. The summed E-state index contributed by atoms with van der Waals surface area (Å²) in [6.45, 7) is 0. The zero-order chi connectivity index (χ0) is 16.2. The largest absolute Gasteiger partial charge is 0.481 e. The number of aromatic amines is 1. The first-order valence-corrected chi connectivity index (χ1v) is 8.70. The number of hydrogen-bond acceptors (Lipinski definition) is 6. The van der Waals surface area contributed by atoms with Gasteiger partial charge in [-0.3, -0.25) is 14.4 Å². The number of hydrogen-bond donors (Lipinski definition) is 2. The van der Waals surface area contributed by atoms with Gasteiger partial charge < -0.3 is 14.8 Å². The molecule has 0 bridgehead atoms. The fourth-order valence-corrected chi connectivity index (χ4v) is 5.83. The summed E-state index contributed by atoms with van der Waals surface area (Å²) in [5, 5.41) is 10.1. The third-order valence-corrected chi connectivity index (χ3v) is 6.58. The minimum Gasteiger partial charge on any atom is -0.481 e. The number of carboxylic acids is 1. The molecule has 0 saturated heterocycles. The summed E-state index contributed by atoms with van der Waals surface area (Å²) < 4.78 is 5.43. The molecule has 1 aromatic heterocycles. The van der Waals surface area contributed by atoms with Crippen LogP contribution in [0.1, 0.15) is 22.8 Å². The Morgan fingerprint density at radius 3 is 2.96 bits per heavy atom. The fourth-order valence-electron chi connectivity index (χ4n) is 3.28. The lowest BCUT2D eigenvalue weighted by Crippen LogP contribution is -2.48. The first kappa shape index (κ1) is 14.5. The van der Waals surface area contributed by atoms with Crippen molar-refractivity contribution in [1.29, 1.82) is 0 Å². The molecule has 8 heteroatoms. The van der Waals surface area contributed by atoms with Crippen molar-refractivity contribution in [2.45, 2.75) is 17.4 Å². The molecule has 2 atom stereocenters. The number of esters is 1. The van der Waals surface area contributed by atoms with Gasteiger partial charge in [-0.25, -0.2) is 0 Å². The van der Waals surface area contributed by atoms with Crippen LogP contribution in [0, 0.1) is 5.41 Å². The van der Waals surface area contributed by atoms with Crippen LogP contribution in [0.5, 0.6) is 5.75 Å². The van der Waals surface area contributed by atoms with Gasteiger partial charge in [0.1, 0.15) is 11.2 Å². The molecular formula is C15H11NO5S2. The molecule has 2 N–H and O–H groups in total. The minimum absolute atomic E-state index is 0.204. The molecule has 0 spiro atoms. The van der Waals surface area contributed by atoms with Gasteiger partial charge in [0.15, 0.2) is 0 Å². The van der Waals surface area contributed by atoms with Gasteiger partial charge in [-0.2, -0.15) is 0 Å². The average molecular weight is 349 g/mol. The van der Waals surface area contributed by atoms with Crippen LogP contribution in [0.4, 0.5) is 0 Å². The first-order chi connectivity index (χ1) is 11.0. The quantitative estimate of drug-likeness (QED) is 0.636. The third-order valence-electron chi connectivity index (χ3n) is 4.24. The normalized spacial score (nSPS) is 25.0. The molecule has 0 aliphatic carbocycles. The molecule has 0 unspecified atom stereocenters. The summed E-state index contributed by atoms with van der Waals surface area (Å²) >= 11 is 2.34. The SMILES string of the molecule is O=C(O)C[C@@]12CSc3[nH]c(=O)sc3[C@H]1c1ccccc1OC2=O. The smallest absolute Gasteiger partial charge is 0.319 e. The molecule has 0 fully saturated rings. The van der Waals surface area contributed by atoms with E-state index >= 15 is 0 Å². The predicted octanol–water partition coefficient (Wildman–Crippen LogP) is 2.05. The molecule has 118 valence electrons. The number of H-pyrrole nitrogens is 1. The van der Waals surface area contributed by atoms with Crippen molar-refractivity contribution in [1.82, 2.24) is 4.98 Å². The maximum absolute atomic E-state index is 12.7. The molecule has 23 heavy (non-hydrogen) atoms. The summed E-state index contributed by atoms with van der Waals surface area (Å²) in [5.74, 6) is -1.38. The molecule has 6 nitrogen and oxygen atoms in total. The van der Waals surface area contributed by atoms with Crippen LogP contribution in [0.2, 0.25) is 0 Å². The van der Waals surface area contributed by atoms with Gasteiger partial charge in [0, 0.05) is 22.1 Å². The maximum atomic E-state index is 12.7. The number of nitrogens with one attached hydrogen (secondary N) is 1. The van der Waals surface area contributed by atoms with E-state index in [1.165, 1.54) is 11.8 Å². The monoisotopic (exact) mass is 349 g/mol. The highest BCUT2D eigenvalue weighted by Gasteiger charge is 2.57. The average Bonchev–Trinajstić information content (AvgIpc) is 2.87. The molecule has 0 amide bonds. The number of fused-ring (bicyclic) bond motifs is 5. The van der Waals surface area contributed by atoms with E-state index in [2.05, 4.69) is 4.98 Å². The van der Waals surface area contributed by atoms with Crippen molar-refractivity contribution >= 4 is 35.0 Å². The van der Waals surface area contributed by atoms with Crippen LogP contribution in [0.25, 0.3) is 0 Å². The molecule has 1 aromatic carbocycles. The van der Waals surface area contributed by atoms with E-state index in [1.54, 1.807) is 12.1 Å². The van der Waals surface area contributed by atoms with E-state index in [9.17, 15) is 19.5 Å². The highest BCUT2D eigenvalue weighted by atomic mass is 32.2. The Kier molecular flexibility index (Phi) is 3.14. The summed E-state index contributed by atoms with van der Waals surface area (Å²) in [7, 11) is 0. The number of carboxylic acid groups (broad SMARTS) is 1. The van der Waals surface area contributed by atoms with Gasteiger partial charge in [-0.1, -0.05) is 29.5 Å². The van der Waals surface area contributed by atoms with Crippen molar-refractivity contribution in [2.24, 2.45) is 5.41 Å². The van der Waals surface area contributed by atoms with Gasteiger partial charge in [0.25, 0.3) is 0 Å². The van der Waals surface area contributed by atoms with E-state index < -0.39 is 23.3 Å². The van der Waals surface area contributed by atoms with E-state index in [0.717, 1.165) is 26.8 Å². The molecular weight excluding hydrogens is 338 g/mol. The predicted molar refractivity (Wildman–Crippen MR) is 84.3 cm³/mol. The van der Waals surface area contributed by atoms with Gasteiger partial charge >= 0.3 is 16.8 Å². The van der Waals surface area contributed by atoms with Crippen molar-refractivity contribution in [2.75, 3.05) is 5.75 Å². The van der Waals surface area contributed by atoms with Crippen LogP contribution in [0.3, 0.4) is 0 Å². The zero-order valence-electron chi connectivity index (χ0n) is 11.7. The van der Waals surface area contributed by atoms with E-state index in [0.29, 0.717) is 5.75 Å².